The van der Waals surface area contributed by atoms with Crippen molar-refractivity contribution in [1.29, 1.82) is 0 Å². The van der Waals surface area contributed by atoms with E-state index < -0.39 is 0 Å². The molecule has 1 atom stereocenters. The lowest BCUT2D eigenvalue weighted by atomic mass is 10.1. The maximum absolute atomic E-state index is 5.90. The minimum Gasteiger partial charge on any atom is -0.370 e. The zero-order chi connectivity index (χ0) is 10.1. The van der Waals surface area contributed by atoms with E-state index in [9.17, 15) is 0 Å². The van der Waals surface area contributed by atoms with Gasteiger partial charge >= 0.3 is 0 Å². The minimum atomic E-state index is 0.357. The summed E-state index contributed by atoms with van der Waals surface area (Å²) < 4.78 is 0. The molecule has 1 heterocycles. The number of hydrogen-bond donors (Lipinski definition) is 1. The standard InChI is InChI=1S/C12H18N2/c1-9-3-4-12(10(2)7-9)14-6-5-11(13)8-14/h3-4,7,11H,5-6,8,13H2,1-2H3/t11-/m0/s1. The van der Waals surface area contributed by atoms with E-state index in [0.29, 0.717) is 6.04 Å². The average molecular weight is 190 g/mol. The van der Waals surface area contributed by atoms with Gasteiger partial charge in [0.15, 0.2) is 0 Å². The zero-order valence-electron chi connectivity index (χ0n) is 8.96. The lowest BCUT2D eigenvalue weighted by Gasteiger charge is -2.20. The smallest absolute Gasteiger partial charge is 0.0396 e. The maximum Gasteiger partial charge on any atom is 0.0396 e. The van der Waals surface area contributed by atoms with Crippen LogP contribution in [-0.2, 0) is 0 Å². The Hall–Kier alpha value is -1.02. The van der Waals surface area contributed by atoms with Crippen LogP contribution in [0.2, 0.25) is 0 Å². The molecule has 0 bridgehead atoms. The van der Waals surface area contributed by atoms with Crippen molar-refractivity contribution < 1.29 is 0 Å². The molecule has 0 saturated carbocycles. The van der Waals surface area contributed by atoms with Crippen LogP contribution in [0.4, 0.5) is 5.69 Å². The molecule has 1 aliphatic heterocycles. The van der Waals surface area contributed by atoms with Crippen molar-refractivity contribution in [3.05, 3.63) is 29.3 Å². The van der Waals surface area contributed by atoms with Crippen molar-refractivity contribution in [3.63, 3.8) is 0 Å². The Balaban J connectivity index is 2.24. The average Bonchev–Trinajstić information content (AvgIpc) is 2.51. The van der Waals surface area contributed by atoms with Crippen molar-refractivity contribution in [2.45, 2.75) is 26.3 Å². The second kappa shape index (κ2) is 3.62. The number of rotatable bonds is 1. The van der Waals surface area contributed by atoms with Crippen LogP contribution >= 0.6 is 0 Å². The summed E-state index contributed by atoms with van der Waals surface area (Å²) in [6.45, 7) is 6.41. The summed E-state index contributed by atoms with van der Waals surface area (Å²) in [5, 5.41) is 0. The fraction of sp³-hybridized carbons (Fsp3) is 0.500. The topological polar surface area (TPSA) is 29.3 Å². The van der Waals surface area contributed by atoms with Crippen molar-refractivity contribution >= 4 is 5.69 Å². The maximum atomic E-state index is 5.90. The van der Waals surface area contributed by atoms with Gasteiger partial charge in [-0.3, -0.25) is 0 Å². The predicted molar refractivity (Wildman–Crippen MR) is 60.7 cm³/mol. The molecule has 14 heavy (non-hydrogen) atoms. The summed E-state index contributed by atoms with van der Waals surface area (Å²) in [4.78, 5) is 2.39. The van der Waals surface area contributed by atoms with E-state index in [-0.39, 0.29) is 0 Å². The molecule has 2 rings (SSSR count). The Bertz CT molecular complexity index is 333. The number of nitrogens with two attached hydrogens (primary N) is 1. The van der Waals surface area contributed by atoms with Gasteiger partial charge in [0.25, 0.3) is 0 Å². The lowest BCUT2D eigenvalue weighted by molar-refractivity contribution is 0.752. The molecule has 0 spiro atoms. The third-order valence-corrected chi connectivity index (χ3v) is 2.92. The van der Waals surface area contributed by atoms with Gasteiger partial charge in [0, 0.05) is 24.8 Å². The van der Waals surface area contributed by atoms with Crippen molar-refractivity contribution in [2.24, 2.45) is 5.73 Å². The monoisotopic (exact) mass is 190 g/mol. The van der Waals surface area contributed by atoms with Gasteiger partial charge in [-0.05, 0) is 31.9 Å². The Morgan fingerprint density at radius 1 is 1.36 bits per heavy atom. The summed E-state index contributed by atoms with van der Waals surface area (Å²) in [5.74, 6) is 0. The van der Waals surface area contributed by atoms with Crippen LogP contribution in [0.3, 0.4) is 0 Å². The first-order valence-electron chi connectivity index (χ1n) is 5.24. The second-order valence-electron chi connectivity index (χ2n) is 4.28. The summed E-state index contributed by atoms with van der Waals surface area (Å²) >= 11 is 0. The van der Waals surface area contributed by atoms with Gasteiger partial charge < -0.3 is 10.6 Å². The Labute approximate surface area is 85.7 Å². The molecule has 0 unspecified atom stereocenters. The molecule has 2 heteroatoms. The summed E-state index contributed by atoms with van der Waals surface area (Å²) in [7, 11) is 0. The molecule has 0 aromatic heterocycles. The van der Waals surface area contributed by atoms with Gasteiger partial charge in [-0.1, -0.05) is 17.7 Å². The zero-order valence-corrected chi connectivity index (χ0v) is 8.96. The second-order valence-corrected chi connectivity index (χ2v) is 4.28. The minimum absolute atomic E-state index is 0.357. The van der Waals surface area contributed by atoms with E-state index in [4.69, 9.17) is 5.73 Å². The predicted octanol–water partition coefficient (Wildman–Crippen LogP) is 1.84. The van der Waals surface area contributed by atoms with Crippen molar-refractivity contribution in [3.8, 4) is 0 Å². The van der Waals surface area contributed by atoms with Crippen LogP contribution in [0, 0.1) is 13.8 Å². The summed E-state index contributed by atoms with van der Waals surface area (Å²) in [5.41, 5.74) is 9.94. The number of anilines is 1. The summed E-state index contributed by atoms with van der Waals surface area (Å²) in [6.07, 6.45) is 1.12. The first-order valence-corrected chi connectivity index (χ1v) is 5.24. The third-order valence-electron chi connectivity index (χ3n) is 2.92. The molecule has 1 fully saturated rings. The van der Waals surface area contributed by atoms with Gasteiger partial charge in [0.05, 0.1) is 0 Å². The van der Waals surface area contributed by atoms with Gasteiger partial charge in [0.1, 0.15) is 0 Å². The fourth-order valence-corrected chi connectivity index (χ4v) is 2.17. The van der Waals surface area contributed by atoms with Crippen LogP contribution < -0.4 is 10.6 Å². The number of aryl methyl sites for hydroxylation is 2. The Morgan fingerprint density at radius 2 is 2.14 bits per heavy atom. The highest BCUT2D eigenvalue weighted by Gasteiger charge is 2.20. The fourth-order valence-electron chi connectivity index (χ4n) is 2.17. The first kappa shape index (κ1) is 9.53. The van der Waals surface area contributed by atoms with Crippen LogP contribution in [0.5, 0.6) is 0 Å². The molecule has 0 aliphatic carbocycles. The quantitative estimate of drug-likeness (QED) is 0.732. The van der Waals surface area contributed by atoms with Crippen LogP contribution in [0.15, 0.2) is 18.2 Å². The highest BCUT2D eigenvalue weighted by Crippen LogP contribution is 2.24. The van der Waals surface area contributed by atoms with E-state index in [1.165, 1.54) is 16.8 Å². The van der Waals surface area contributed by atoms with Crippen LogP contribution in [0.1, 0.15) is 17.5 Å². The molecule has 1 aliphatic rings. The lowest BCUT2D eigenvalue weighted by Crippen LogP contribution is -2.26. The van der Waals surface area contributed by atoms with E-state index in [1.54, 1.807) is 0 Å². The number of nitrogens with zero attached hydrogens (tertiary/aromatic N) is 1. The van der Waals surface area contributed by atoms with Crippen LogP contribution in [-0.4, -0.2) is 19.1 Å². The highest BCUT2D eigenvalue weighted by atomic mass is 15.2. The van der Waals surface area contributed by atoms with E-state index in [1.807, 2.05) is 0 Å². The molecule has 2 nitrogen and oxygen atoms in total. The molecule has 0 amide bonds. The molecular formula is C12H18N2. The van der Waals surface area contributed by atoms with Crippen molar-refractivity contribution in [1.82, 2.24) is 0 Å². The Morgan fingerprint density at radius 3 is 2.71 bits per heavy atom. The molecule has 76 valence electrons. The van der Waals surface area contributed by atoms with E-state index >= 15 is 0 Å². The van der Waals surface area contributed by atoms with Gasteiger partial charge in [-0.2, -0.15) is 0 Å². The molecular weight excluding hydrogens is 172 g/mol. The largest absolute Gasteiger partial charge is 0.370 e. The van der Waals surface area contributed by atoms with Crippen molar-refractivity contribution in [2.75, 3.05) is 18.0 Å². The van der Waals surface area contributed by atoms with Gasteiger partial charge in [-0.25, -0.2) is 0 Å². The summed E-state index contributed by atoms with van der Waals surface area (Å²) in [6, 6.07) is 6.98. The number of benzene rings is 1. The highest BCUT2D eigenvalue weighted by molar-refractivity contribution is 5.55. The van der Waals surface area contributed by atoms with E-state index in [0.717, 1.165) is 19.5 Å². The normalized spacial score (nSPS) is 21.6. The SMILES string of the molecule is Cc1ccc(N2CC[C@H](N)C2)c(C)c1. The molecule has 2 N–H and O–H groups in total. The molecule has 1 aromatic carbocycles. The van der Waals surface area contributed by atoms with E-state index in [2.05, 4.69) is 36.9 Å². The molecule has 1 saturated heterocycles. The van der Waals surface area contributed by atoms with Gasteiger partial charge in [-0.15, -0.1) is 0 Å². The third kappa shape index (κ3) is 1.75. The molecule has 0 radical (unpaired) electrons. The van der Waals surface area contributed by atoms with Crippen LogP contribution in [0.25, 0.3) is 0 Å². The number of hydrogen-bond acceptors (Lipinski definition) is 2. The first-order chi connectivity index (χ1) is 6.66. The Kier molecular flexibility index (Phi) is 2.46. The molecule has 1 aromatic rings. The van der Waals surface area contributed by atoms with Gasteiger partial charge in [0.2, 0.25) is 0 Å².